The second kappa shape index (κ2) is 6.52. The third-order valence-electron chi connectivity index (χ3n) is 3.52. The van der Waals surface area contributed by atoms with Crippen LogP contribution in [0.5, 0.6) is 5.75 Å². The lowest BCUT2D eigenvalue weighted by molar-refractivity contribution is 0.00585. The SMILES string of the molecule is COC(=O)c1c(C=O)cccc1O[C@H]1CCCC[C@@H]1O. The van der Waals surface area contributed by atoms with Crippen LogP contribution in [0.2, 0.25) is 0 Å². The first-order valence-electron chi connectivity index (χ1n) is 6.68. The van der Waals surface area contributed by atoms with Crippen LogP contribution >= 0.6 is 0 Å². The number of hydrogen-bond donors (Lipinski definition) is 1. The minimum Gasteiger partial charge on any atom is -0.487 e. The zero-order valence-corrected chi connectivity index (χ0v) is 11.4. The highest BCUT2D eigenvalue weighted by molar-refractivity contribution is 6.00. The predicted octanol–water partition coefficient (Wildman–Crippen LogP) is 1.97. The van der Waals surface area contributed by atoms with Crippen molar-refractivity contribution < 1.29 is 24.2 Å². The summed E-state index contributed by atoms with van der Waals surface area (Å²) in [5, 5.41) is 9.93. The van der Waals surface area contributed by atoms with Crippen LogP contribution < -0.4 is 4.74 Å². The molecule has 0 heterocycles. The smallest absolute Gasteiger partial charge is 0.342 e. The third-order valence-corrected chi connectivity index (χ3v) is 3.52. The molecule has 2 atom stereocenters. The highest BCUT2D eigenvalue weighted by Crippen LogP contribution is 2.28. The average Bonchev–Trinajstić information content (AvgIpc) is 2.48. The maximum Gasteiger partial charge on any atom is 0.342 e. The molecule has 1 saturated carbocycles. The largest absolute Gasteiger partial charge is 0.487 e. The van der Waals surface area contributed by atoms with Gasteiger partial charge in [0, 0.05) is 5.56 Å². The summed E-state index contributed by atoms with van der Waals surface area (Å²) in [5.41, 5.74) is 0.336. The van der Waals surface area contributed by atoms with E-state index in [2.05, 4.69) is 0 Å². The summed E-state index contributed by atoms with van der Waals surface area (Å²) in [5.74, 6) is -0.333. The number of hydrogen-bond acceptors (Lipinski definition) is 5. The van der Waals surface area contributed by atoms with E-state index in [1.54, 1.807) is 12.1 Å². The van der Waals surface area contributed by atoms with E-state index in [0.717, 1.165) is 19.3 Å². The molecule has 0 aromatic heterocycles. The average molecular weight is 278 g/mol. The highest BCUT2D eigenvalue weighted by atomic mass is 16.5. The molecule has 20 heavy (non-hydrogen) atoms. The molecule has 0 saturated heterocycles. The number of rotatable bonds is 4. The summed E-state index contributed by atoms with van der Waals surface area (Å²) in [6.07, 6.45) is 3.06. The molecule has 0 amide bonds. The van der Waals surface area contributed by atoms with E-state index in [-0.39, 0.29) is 23.0 Å². The number of carbonyl (C=O) groups excluding carboxylic acids is 2. The summed E-state index contributed by atoms with van der Waals surface area (Å²) >= 11 is 0. The molecule has 0 radical (unpaired) electrons. The monoisotopic (exact) mass is 278 g/mol. The molecule has 1 aromatic carbocycles. The number of aliphatic hydroxyl groups excluding tert-OH is 1. The Labute approximate surface area is 117 Å². The Morgan fingerprint density at radius 2 is 2.10 bits per heavy atom. The van der Waals surface area contributed by atoms with Crippen LogP contribution in [0.3, 0.4) is 0 Å². The van der Waals surface area contributed by atoms with Crippen molar-refractivity contribution in [2.45, 2.75) is 37.9 Å². The topological polar surface area (TPSA) is 72.8 Å². The summed E-state index contributed by atoms with van der Waals surface area (Å²) < 4.78 is 10.4. The van der Waals surface area contributed by atoms with Gasteiger partial charge in [-0.3, -0.25) is 4.79 Å². The van der Waals surface area contributed by atoms with E-state index in [1.165, 1.54) is 13.2 Å². The molecule has 0 aliphatic heterocycles. The molecule has 0 bridgehead atoms. The van der Waals surface area contributed by atoms with Gasteiger partial charge in [0.05, 0.1) is 13.2 Å². The highest BCUT2D eigenvalue weighted by Gasteiger charge is 2.27. The van der Waals surface area contributed by atoms with Crippen molar-refractivity contribution >= 4 is 12.3 Å². The van der Waals surface area contributed by atoms with Crippen LogP contribution in [-0.4, -0.2) is 36.7 Å². The standard InChI is InChI=1S/C15H18O5/c1-19-15(18)14-10(9-16)5-4-8-13(14)20-12-7-3-2-6-11(12)17/h4-5,8-9,11-12,17H,2-3,6-7H2,1H3/t11-,12-/m0/s1. The van der Waals surface area contributed by atoms with Crippen molar-refractivity contribution in [2.24, 2.45) is 0 Å². The van der Waals surface area contributed by atoms with Gasteiger partial charge in [-0.2, -0.15) is 0 Å². The summed E-state index contributed by atoms with van der Waals surface area (Å²) in [6, 6.07) is 4.78. The molecule has 1 fully saturated rings. The van der Waals surface area contributed by atoms with Crippen molar-refractivity contribution in [3.8, 4) is 5.75 Å². The van der Waals surface area contributed by atoms with Gasteiger partial charge >= 0.3 is 5.97 Å². The number of methoxy groups -OCH3 is 1. The van der Waals surface area contributed by atoms with Crippen molar-refractivity contribution in [2.75, 3.05) is 7.11 Å². The van der Waals surface area contributed by atoms with Crippen molar-refractivity contribution in [3.05, 3.63) is 29.3 Å². The summed E-state index contributed by atoms with van der Waals surface area (Å²) in [7, 11) is 1.25. The van der Waals surface area contributed by atoms with Crippen LogP contribution in [0.1, 0.15) is 46.4 Å². The van der Waals surface area contributed by atoms with Crippen LogP contribution in [0.4, 0.5) is 0 Å². The zero-order chi connectivity index (χ0) is 14.5. The molecule has 1 aliphatic rings. The Kier molecular flexibility index (Phi) is 4.74. The van der Waals surface area contributed by atoms with Crippen LogP contribution in [-0.2, 0) is 4.74 Å². The maximum atomic E-state index is 11.8. The number of ether oxygens (including phenoxy) is 2. The normalized spacial score (nSPS) is 22.1. The predicted molar refractivity (Wildman–Crippen MR) is 72.1 cm³/mol. The van der Waals surface area contributed by atoms with Gasteiger partial charge in [-0.1, -0.05) is 18.6 Å². The number of aliphatic hydroxyl groups is 1. The third kappa shape index (κ3) is 2.99. The Morgan fingerprint density at radius 1 is 1.35 bits per heavy atom. The zero-order valence-electron chi connectivity index (χ0n) is 11.4. The molecule has 0 unspecified atom stereocenters. The van der Waals surface area contributed by atoms with E-state index in [4.69, 9.17) is 9.47 Å². The second-order valence-electron chi connectivity index (χ2n) is 4.84. The fourth-order valence-electron chi connectivity index (χ4n) is 2.44. The van der Waals surface area contributed by atoms with E-state index < -0.39 is 12.1 Å². The Morgan fingerprint density at radius 3 is 2.75 bits per heavy atom. The van der Waals surface area contributed by atoms with E-state index in [0.29, 0.717) is 12.7 Å². The molecule has 1 N–H and O–H groups in total. The van der Waals surface area contributed by atoms with Gasteiger partial charge in [0.1, 0.15) is 17.4 Å². The van der Waals surface area contributed by atoms with Crippen LogP contribution in [0, 0.1) is 0 Å². The van der Waals surface area contributed by atoms with Gasteiger partial charge in [0.25, 0.3) is 0 Å². The molecule has 5 nitrogen and oxygen atoms in total. The molecular weight excluding hydrogens is 260 g/mol. The van der Waals surface area contributed by atoms with Crippen molar-refractivity contribution in [1.29, 1.82) is 0 Å². The van der Waals surface area contributed by atoms with Crippen LogP contribution in [0.25, 0.3) is 0 Å². The molecule has 108 valence electrons. The van der Waals surface area contributed by atoms with E-state index >= 15 is 0 Å². The lowest BCUT2D eigenvalue weighted by Gasteiger charge is -2.28. The fraction of sp³-hybridized carbons (Fsp3) is 0.467. The second-order valence-corrected chi connectivity index (χ2v) is 4.84. The maximum absolute atomic E-state index is 11.8. The molecular formula is C15H18O5. The molecule has 1 aromatic rings. The summed E-state index contributed by atoms with van der Waals surface area (Å²) in [4.78, 5) is 22.9. The van der Waals surface area contributed by atoms with Gasteiger partial charge in [-0.15, -0.1) is 0 Å². The Bertz CT molecular complexity index is 497. The van der Waals surface area contributed by atoms with Gasteiger partial charge in [0.15, 0.2) is 6.29 Å². The quantitative estimate of drug-likeness (QED) is 0.673. The number of esters is 1. The fourth-order valence-corrected chi connectivity index (χ4v) is 2.44. The molecule has 0 spiro atoms. The van der Waals surface area contributed by atoms with Gasteiger partial charge in [0.2, 0.25) is 0 Å². The minimum absolute atomic E-state index is 0.114. The first kappa shape index (κ1) is 14.5. The number of benzene rings is 1. The first-order valence-corrected chi connectivity index (χ1v) is 6.68. The lowest BCUT2D eigenvalue weighted by Crippen LogP contribution is -2.35. The Balaban J connectivity index is 2.30. The van der Waals surface area contributed by atoms with Crippen LogP contribution in [0.15, 0.2) is 18.2 Å². The van der Waals surface area contributed by atoms with Crippen molar-refractivity contribution in [1.82, 2.24) is 0 Å². The molecule has 5 heteroatoms. The molecule has 1 aliphatic carbocycles. The van der Waals surface area contributed by atoms with E-state index in [9.17, 15) is 14.7 Å². The number of aldehydes is 1. The lowest BCUT2D eigenvalue weighted by atomic mass is 9.94. The minimum atomic E-state index is -0.618. The first-order chi connectivity index (χ1) is 9.67. The van der Waals surface area contributed by atoms with Gasteiger partial charge in [-0.05, 0) is 25.3 Å². The van der Waals surface area contributed by atoms with Gasteiger partial charge in [-0.25, -0.2) is 4.79 Å². The van der Waals surface area contributed by atoms with E-state index in [1.807, 2.05) is 0 Å². The Hall–Kier alpha value is -1.88. The van der Waals surface area contributed by atoms with Crippen molar-refractivity contribution in [3.63, 3.8) is 0 Å². The molecule has 2 rings (SSSR count). The number of carbonyl (C=O) groups is 2. The summed E-state index contributed by atoms with van der Waals surface area (Å²) in [6.45, 7) is 0. The van der Waals surface area contributed by atoms with Gasteiger partial charge < -0.3 is 14.6 Å².